The van der Waals surface area contributed by atoms with Crippen LogP contribution in [0.1, 0.15) is 33.6 Å². The number of benzene rings is 1. The first-order valence-corrected chi connectivity index (χ1v) is 7.36. The van der Waals surface area contributed by atoms with Gasteiger partial charge in [-0.2, -0.15) is 0 Å². The lowest BCUT2D eigenvalue weighted by Crippen LogP contribution is -2.30. The van der Waals surface area contributed by atoms with Crippen molar-refractivity contribution in [2.75, 3.05) is 25.1 Å². The molecule has 21 heavy (non-hydrogen) atoms. The summed E-state index contributed by atoms with van der Waals surface area (Å²) >= 11 is 0. The summed E-state index contributed by atoms with van der Waals surface area (Å²) in [5, 5.41) is 14.8. The van der Waals surface area contributed by atoms with Gasteiger partial charge in [0, 0.05) is 13.2 Å². The number of carbonyl (C=O) groups excluding carboxylic acids is 1. The monoisotopic (exact) mass is 294 g/mol. The predicted octanol–water partition coefficient (Wildman–Crippen LogP) is 3.01. The lowest BCUT2D eigenvalue weighted by atomic mass is 9.89. The van der Waals surface area contributed by atoms with E-state index in [0.717, 1.165) is 12.8 Å². The van der Waals surface area contributed by atoms with Crippen LogP contribution >= 0.6 is 0 Å². The number of rotatable bonds is 8. The first-order valence-electron chi connectivity index (χ1n) is 7.36. The van der Waals surface area contributed by atoms with Crippen LogP contribution in [0.4, 0.5) is 10.5 Å². The molecule has 5 heteroatoms. The van der Waals surface area contributed by atoms with Crippen molar-refractivity contribution in [2.24, 2.45) is 5.41 Å². The van der Waals surface area contributed by atoms with Crippen LogP contribution in [-0.2, 0) is 0 Å². The summed E-state index contributed by atoms with van der Waals surface area (Å²) in [5.74, 6) is 0.663. The summed E-state index contributed by atoms with van der Waals surface area (Å²) in [5.41, 5.74) is 0.562. The molecule has 2 amide bonds. The molecule has 0 fully saturated rings. The van der Waals surface area contributed by atoms with Gasteiger partial charge in [0.15, 0.2) is 0 Å². The second-order valence-electron chi connectivity index (χ2n) is 5.74. The van der Waals surface area contributed by atoms with E-state index in [1.54, 1.807) is 6.07 Å². The van der Waals surface area contributed by atoms with Gasteiger partial charge in [0.05, 0.1) is 12.3 Å². The second kappa shape index (κ2) is 8.52. The first-order chi connectivity index (χ1) is 9.98. The van der Waals surface area contributed by atoms with Gasteiger partial charge in [0.25, 0.3) is 0 Å². The van der Waals surface area contributed by atoms with E-state index in [4.69, 9.17) is 9.84 Å². The highest BCUT2D eigenvalue weighted by atomic mass is 16.5. The zero-order valence-corrected chi connectivity index (χ0v) is 13.1. The molecule has 0 bridgehead atoms. The molecule has 5 nitrogen and oxygen atoms in total. The summed E-state index contributed by atoms with van der Waals surface area (Å²) in [6.45, 7) is 7.19. The maximum Gasteiger partial charge on any atom is 0.319 e. The molecule has 0 radical (unpaired) electrons. The van der Waals surface area contributed by atoms with Gasteiger partial charge in [-0.25, -0.2) is 4.79 Å². The zero-order valence-electron chi connectivity index (χ0n) is 13.1. The Bertz CT molecular complexity index is 447. The van der Waals surface area contributed by atoms with Gasteiger partial charge in [-0.05, 0) is 37.3 Å². The van der Waals surface area contributed by atoms with Crippen LogP contribution in [0.5, 0.6) is 5.75 Å². The predicted molar refractivity (Wildman–Crippen MR) is 84.7 cm³/mol. The van der Waals surface area contributed by atoms with Gasteiger partial charge in [-0.3, -0.25) is 0 Å². The summed E-state index contributed by atoms with van der Waals surface area (Å²) < 4.78 is 5.45. The minimum Gasteiger partial charge on any atom is -0.492 e. The number of nitrogens with one attached hydrogen (secondary N) is 2. The third-order valence-electron chi connectivity index (χ3n) is 3.18. The molecule has 0 heterocycles. The van der Waals surface area contributed by atoms with Crippen molar-refractivity contribution in [2.45, 2.75) is 33.6 Å². The third-order valence-corrected chi connectivity index (χ3v) is 3.18. The van der Waals surface area contributed by atoms with Crippen LogP contribution in [0.3, 0.4) is 0 Å². The Morgan fingerprint density at radius 3 is 2.71 bits per heavy atom. The largest absolute Gasteiger partial charge is 0.492 e. The van der Waals surface area contributed by atoms with Crippen molar-refractivity contribution in [3.05, 3.63) is 24.3 Å². The maximum atomic E-state index is 11.8. The highest BCUT2D eigenvalue weighted by molar-refractivity contribution is 5.90. The number of amides is 2. The molecule has 1 aromatic rings. The van der Waals surface area contributed by atoms with Crippen LogP contribution in [0.2, 0.25) is 0 Å². The maximum absolute atomic E-state index is 11.8. The Morgan fingerprint density at radius 1 is 1.33 bits per heavy atom. The minimum atomic E-state index is -0.246. The van der Waals surface area contributed by atoms with Crippen molar-refractivity contribution in [1.82, 2.24) is 5.32 Å². The molecule has 0 aromatic heterocycles. The van der Waals surface area contributed by atoms with Crippen LogP contribution in [0, 0.1) is 5.41 Å². The minimum absolute atomic E-state index is 0.0975. The van der Waals surface area contributed by atoms with Gasteiger partial charge in [-0.15, -0.1) is 0 Å². The smallest absolute Gasteiger partial charge is 0.319 e. The fourth-order valence-electron chi connectivity index (χ4n) is 1.87. The fraction of sp³-hybridized carbons (Fsp3) is 0.562. The normalized spacial score (nSPS) is 11.0. The Balaban J connectivity index is 2.37. The molecular formula is C16H26N2O3. The highest BCUT2D eigenvalue weighted by Crippen LogP contribution is 2.23. The standard InChI is InChI=1S/C16H26N2O3/c1-4-21-14-9-6-5-8-13(14)18-15(20)17-11-7-10-16(2,3)12-19/h5-6,8-9,19H,4,7,10-12H2,1-3H3,(H2,17,18,20). The van der Waals surface area contributed by atoms with Gasteiger partial charge in [0.2, 0.25) is 0 Å². The van der Waals surface area contributed by atoms with Crippen molar-refractivity contribution in [1.29, 1.82) is 0 Å². The summed E-state index contributed by atoms with van der Waals surface area (Å²) in [7, 11) is 0. The topological polar surface area (TPSA) is 70.6 Å². The van der Waals surface area contributed by atoms with Crippen LogP contribution < -0.4 is 15.4 Å². The van der Waals surface area contributed by atoms with E-state index in [-0.39, 0.29) is 18.1 Å². The molecule has 0 atom stereocenters. The van der Waals surface area contributed by atoms with E-state index in [2.05, 4.69) is 10.6 Å². The summed E-state index contributed by atoms with van der Waals surface area (Å²) in [6.07, 6.45) is 1.69. The number of anilines is 1. The Hall–Kier alpha value is -1.75. The van der Waals surface area contributed by atoms with Crippen molar-refractivity contribution in [3.8, 4) is 5.75 Å². The molecular weight excluding hydrogens is 268 g/mol. The van der Waals surface area contributed by atoms with Gasteiger partial charge >= 0.3 is 6.03 Å². The first kappa shape index (κ1) is 17.3. The van der Waals surface area contributed by atoms with E-state index in [9.17, 15) is 4.79 Å². The van der Waals surface area contributed by atoms with E-state index in [1.807, 2.05) is 39.0 Å². The summed E-state index contributed by atoms with van der Waals surface area (Å²) in [4.78, 5) is 11.8. The molecule has 0 spiro atoms. The number of aliphatic hydroxyl groups excluding tert-OH is 1. The molecule has 1 aromatic carbocycles. The molecule has 0 aliphatic heterocycles. The molecule has 0 saturated carbocycles. The Morgan fingerprint density at radius 2 is 2.05 bits per heavy atom. The highest BCUT2D eigenvalue weighted by Gasteiger charge is 2.15. The SMILES string of the molecule is CCOc1ccccc1NC(=O)NCCCC(C)(C)CO. The van der Waals surface area contributed by atoms with Crippen molar-refractivity contribution in [3.63, 3.8) is 0 Å². The number of hydrogen-bond donors (Lipinski definition) is 3. The number of urea groups is 1. The number of ether oxygens (including phenoxy) is 1. The van der Waals surface area contributed by atoms with E-state index in [1.165, 1.54) is 0 Å². The molecule has 0 aliphatic carbocycles. The van der Waals surface area contributed by atoms with E-state index in [0.29, 0.717) is 24.6 Å². The van der Waals surface area contributed by atoms with Crippen LogP contribution in [0.25, 0.3) is 0 Å². The third kappa shape index (κ3) is 6.49. The molecule has 118 valence electrons. The number of hydrogen-bond acceptors (Lipinski definition) is 3. The van der Waals surface area contributed by atoms with Gasteiger partial charge < -0.3 is 20.5 Å². The van der Waals surface area contributed by atoms with Gasteiger partial charge in [0.1, 0.15) is 5.75 Å². The lowest BCUT2D eigenvalue weighted by molar-refractivity contribution is 0.148. The molecule has 0 saturated heterocycles. The average Bonchev–Trinajstić information content (AvgIpc) is 2.46. The second-order valence-corrected chi connectivity index (χ2v) is 5.74. The molecule has 0 aliphatic rings. The lowest BCUT2D eigenvalue weighted by Gasteiger charge is -2.21. The molecule has 0 unspecified atom stereocenters. The Labute approximate surface area is 126 Å². The Kier molecular flexibility index (Phi) is 7.02. The summed E-state index contributed by atoms with van der Waals surface area (Å²) in [6, 6.07) is 7.10. The quantitative estimate of drug-likeness (QED) is 0.645. The number of para-hydroxylation sites is 2. The number of aliphatic hydroxyl groups is 1. The molecule has 1 rings (SSSR count). The number of carbonyl (C=O) groups is 1. The van der Waals surface area contributed by atoms with E-state index >= 15 is 0 Å². The average molecular weight is 294 g/mol. The van der Waals surface area contributed by atoms with Crippen molar-refractivity contribution >= 4 is 11.7 Å². The van der Waals surface area contributed by atoms with Crippen molar-refractivity contribution < 1.29 is 14.6 Å². The van der Waals surface area contributed by atoms with Gasteiger partial charge in [-0.1, -0.05) is 26.0 Å². The zero-order chi connectivity index (χ0) is 15.7. The van der Waals surface area contributed by atoms with Crippen LogP contribution in [0.15, 0.2) is 24.3 Å². The molecule has 3 N–H and O–H groups in total. The van der Waals surface area contributed by atoms with Crippen LogP contribution in [-0.4, -0.2) is 30.9 Å². The van der Waals surface area contributed by atoms with E-state index < -0.39 is 0 Å². The fourth-order valence-corrected chi connectivity index (χ4v) is 1.87.